The Bertz CT molecular complexity index is 1030. The van der Waals surface area contributed by atoms with E-state index in [2.05, 4.69) is 0 Å². The largest absolute Gasteiger partial charge is 0.493 e. The maximum absolute atomic E-state index is 15.1. The molecular weight excluding hydrogens is 443 g/mol. The van der Waals surface area contributed by atoms with Crippen molar-refractivity contribution in [1.82, 2.24) is 9.03 Å². The summed E-state index contributed by atoms with van der Waals surface area (Å²) in [4.78, 5) is 12.7. The second-order valence-corrected chi connectivity index (χ2v) is 13.1. The Morgan fingerprint density at radius 2 is 1.70 bits per heavy atom. The van der Waals surface area contributed by atoms with Crippen molar-refractivity contribution in [3.05, 3.63) is 29.1 Å². The highest BCUT2D eigenvalue weighted by Crippen LogP contribution is 2.60. The molecule has 1 amide bonds. The van der Waals surface area contributed by atoms with Crippen LogP contribution in [0.15, 0.2) is 12.1 Å². The Kier molecular flexibility index (Phi) is 5.25. The third kappa shape index (κ3) is 3.97. The van der Waals surface area contributed by atoms with Crippen LogP contribution in [0, 0.1) is 29.0 Å². The van der Waals surface area contributed by atoms with Gasteiger partial charge in [-0.2, -0.15) is 12.7 Å². The molecule has 5 aliphatic carbocycles. The molecule has 6 aliphatic rings. The number of ether oxygens (including phenoxy) is 1. The molecule has 0 atom stereocenters. The van der Waals surface area contributed by atoms with Crippen LogP contribution in [0.3, 0.4) is 0 Å². The lowest BCUT2D eigenvalue weighted by Crippen LogP contribution is -2.49. The van der Waals surface area contributed by atoms with E-state index in [0.29, 0.717) is 25.4 Å². The predicted octanol–water partition coefficient (Wildman–Crippen LogP) is 4.37. The molecule has 0 unspecified atom stereocenters. The molecule has 1 aromatic rings. The van der Waals surface area contributed by atoms with Crippen molar-refractivity contribution < 1.29 is 22.3 Å². The van der Waals surface area contributed by atoms with Gasteiger partial charge < -0.3 is 4.74 Å². The smallest absolute Gasteiger partial charge is 0.304 e. The zero-order chi connectivity index (χ0) is 22.8. The SMILES string of the molecule is O=C(NS(=O)(=O)N1CCC1)c1cc(C2CCC2)c(OCC23CC4CC(CC(C4)C2)C3)cc1F. The van der Waals surface area contributed by atoms with Crippen LogP contribution in [-0.4, -0.2) is 38.3 Å². The van der Waals surface area contributed by atoms with Crippen molar-refractivity contribution in [1.29, 1.82) is 0 Å². The number of nitrogens with zero attached hydrogens (tertiary/aromatic N) is 1. The monoisotopic (exact) mass is 476 g/mol. The molecular formula is C25H33FN2O4S. The van der Waals surface area contributed by atoms with Crippen molar-refractivity contribution in [2.24, 2.45) is 23.2 Å². The van der Waals surface area contributed by atoms with Gasteiger partial charge in [0.05, 0.1) is 12.2 Å². The summed E-state index contributed by atoms with van der Waals surface area (Å²) in [6.07, 6.45) is 11.6. The quantitative estimate of drug-likeness (QED) is 0.634. The summed E-state index contributed by atoms with van der Waals surface area (Å²) in [6.45, 7) is 1.38. The van der Waals surface area contributed by atoms with Crippen molar-refractivity contribution in [3.8, 4) is 5.75 Å². The molecule has 180 valence electrons. The van der Waals surface area contributed by atoms with Crippen LogP contribution < -0.4 is 9.46 Å². The summed E-state index contributed by atoms with van der Waals surface area (Å²) >= 11 is 0. The minimum Gasteiger partial charge on any atom is -0.493 e. The fourth-order valence-electron chi connectivity index (χ4n) is 7.37. The van der Waals surface area contributed by atoms with Crippen molar-refractivity contribution >= 4 is 16.1 Å². The van der Waals surface area contributed by atoms with E-state index in [9.17, 15) is 13.2 Å². The van der Waals surface area contributed by atoms with E-state index in [-0.39, 0.29) is 16.9 Å². The van der Waals surface area contributed by atoms with Gasteiger partial charge in [0.1, 0.15) is 11.6 Å². The van der Waals surface area contributed by atoms with E-state index in [1.54, 1.807) is 0 Å². The van der Waals surface area contributed by atoms with Gasteiger partial charge >= 0.3 is 10.2 Å². The summed E-state index contributed by atoms with van der Waals surface area (Å²) in [5.74, 6) is 1.60. The maximum atomic E-state index is 15.1. The zero-order valence-corrected chi connectivity index (χ0v) is 19.8. The molecule has 1 heterocycles. The maximum Gasteiger partial charge on any atom is 0.304 e. The fourth-order valence-corrected chi connectivity index (χ4v) is 8.58. The summed E-state index contributed by atoms with van der Waals surface area (Å²) in [5, 5.41) is 0. The second kappa shape index (κ2) is 7.94. The number of hydrogen-bond acceptors (Lipinski definition) is 4. The minimum absolute atomic E-state index is 0.212. The molecule has 33 heavy (non-hydrogen) atoms. The van der Waals surface area contributed by atoms with Crippen molar-refractivity contribution in [2.75, 3.05) is 19.7 Å². The molecule has 1 aromatic carbocycles. The van der Waals surface area contributed by atoms with Crippen LogP contribution in [0.25, 0.3) is 0 Å². The van der Waals surface area contributed by atoms with Gasteiger partial charge in [-0.1, -0.05) is 6.42 Å². The molecule has 5 saturated carbocycles. The molecule has 1 saturated heterocycles. The summed E-state index contributed by atoms with van der Waals surface area (Å²) in [6, 6.07) is 2.86. The van der Waals surface area contributed by atoms with E-state index in [1.165, 1.54) is 55.0 Å². The molecule has 1 N–H and O–H groups in total. The van der Waals surface area contributed by atoms with Crippen LogP contribution in [0.2, 0.25) is 0 Å². The average Bonchev–Trinajstić information content (AvgIpc) is 2.63. The zero-order valence-electron chi connectivity index (χ0n) is 19.0. The number of rotatable bonds is 7. The topological polar surface area (TPSA) is 75.7 Å². The summed E-state index contributed by atoms with van der Waals surface area (Å²) < 4.78 is 49.3. The third-order valence-electron chi connectivity index (χ3n) is 8.96. The van der Waals surface area contributed by atoms with E-state index >= 15 is 4.39 Å². The van der Waals surface area contributed by atoms with Gasteiger partial charge in [0.25, 0.3) is 5.91 Å². The molecule has 0 radical (unpaired) electrons. The van der Waals surface area contributed by atoms with Gasteiger partial charge in [0.15, 0.2) is 0 Å². The average molecular weight is 477 g/mol. The fraction of sp³-hybridized carbons (Fsp3) is 0.720. The molecule has 6 nitrogen and oxygen atoms in total. The lowest BCUT2D eigenvalue weighted by molar-refractivity contribution is -0.0747. The number of halogens is 1. The Morgan fingerprint density at radius 3 is 2.21 bits per heavy atom. The molecule has 0 aromatic heterocycles. The van der Waals surface area contributed by atoms with E-state index < -0.39 is 21.9 Å². The van der Waals surface area contributed by atoms with Gasteiger partial charge in [-0.3, -0.25) is 4.79 Å². The van der Waals surface area contributed by atoms with Gasteiger partial charge in [-0.25, -0.2) is 9.11 Å². The highest BCUT2D eigenvalue weighted by atomic mass is 32.2. The molecule has 6 fully saturated rings. The number of carbonyl (C=O) groups is 1. The number of hydrogen-bond donors (Lipinski definition) is 1. The summed E-state index contributed by atoms with van der Waals surface area (Å²) in [7, 11) is -3.92. The first-order valence-electron chi connectivity index (χ1n) is 12.6. The van der Waals surface area contributed by atoms with Gasteiger partial charge in [0, 0.05) is 24.6 Å². The first kappa shape index (κ1) is 21.8. The molecule has 0 spiro atoms. The second-order valence-electron chi connectivity index (χ2n) is 11.4. The van der Waals surface area contributed by atoms with Gasteiger partial charge in [-0.05, 0) is 93.1 Å². The minimum atomic E-state index is -3.92. The van der Waals surface area contributed by atoms with Crippen molar-refractivity contribution in [3.63, 3.8) is 0 Å². The lowest BCUT2D eigenvalue weighted by atomic mass is 9.50. The van der Waals surface area contributed by atoms with Crippen LogP contribution in [0.5, 0.6) is 5.75 Å². The van der Waals surface area contributed by atoms with Crippen LogP contribution in [-0.2, 0) is 10.2 Å². The number of carbonyl (C=O) groups excluding carboxylic acids is 1. The van der Waals surface area contributed by atoms with Gasteiger partial charge in [0.2, 0.25) is 0 Å². The Labute approximate surface area is 195 Å². The first-order valence-corrected chi connectivity index (χ1v) is 14.0. The summed E-state index contributed by atoms with van der Waals surface area (Å²) in [5.41, 5.74) is 0.839. The van der Waals surface area contributed by atoms with E-state index in [1.807, 2.05) is 4.72 Å². The number of nitrogens with one attached hydrogen (secondary N) is 1. The first-order chi connectivity index (χ1) is 15.8. The third-order valence-corrected chi connectivity index (χ3v) is 10.5. The standard InChI is InChI=1S/C25H33FN2O4S/c26-22-11-23(32-15-25-12-16-7-17(13-25)9-18(8-16)14-25)20(19-3-1-4-19)10-21(22)24(29)27-33(30,31)28-5-2-6-28/h10-11,16-19H,1-9,12-15H2,(H,27,29). The number of benzene rings is 1. The molecule has 8 heteroatoms. The van der Waals surface area contributed by atoms with Crippen LogP contribution in [0.4, 0.5) is 4.39 Å². The molecule has 7 rings (SSSR count). The molecule has 4 bridgehead atoms. The highest BCUT2D eigenvalue weighted by Gasteiger charge is 2.51. The Morgan fingerprint density at radius 1 is 1.06 bits per heavy atom. The Balaban J connectivity index is 1.23. The van der Waals surface area contributed by atoms with Crippen LogP contribution in [0.1, 0.15) is 86.0 Å². The normalized spacial score (nSPS) is 33.4. The van der Waals surface area contributed by atoms with Crippen molar-refractivity contribution in [2.45, 2.75) is 70.1 Å². The molecule has 1 aliphatic heterocycles. The van der Waals surface area contributed by atoms with Gasteiger partial charge in [-0.15, -0.1) is 0 Å². The highest BCUT2D eigenvalue weighted by molar-refractivity contribution is 7.87. The van der Waals surface area contributed by atoms with E-state index in [4.69, 9.17) is 4.74 Å². The van der Waals surface area contributed by atoms with E-state index in [0.717, 1.165) is 49.0 Å². The predicted molar refractivity (Wildman–Crippen MR) is 122 cm³/mol. The lowest BCUT2D eigenvalue weighted by Gasteiger charge is -2.56. The Hall–Kier alpha value is -1.67. The van der Waals surface area contributed by atoms with Crippen LogP contribution >= 0.6 is 0 Å². The number of amides is 1.